The minimum atomic E-state index is 0.484. The second-order valence-electron chi connectivity index (χ2n) is 9.14. The fourth-order valence-corrected chi connectivity index (χ4v) is 4.67. The molecule has 0 spiro atoms. The number of anilines is 2. The fourth-order valence-electron chi connectivity index (χ4n) is 4.67. The number of nitrogens with zero attached hydrogens (tertiary/aromatic N) is 2. The molecule has 1 aliphatic carbocycles. The Labute approximate surface area is 197 Å². The van der Waals surface area contributed by atoms with Crippen LogP contribution in [0.4, 0.5) is 11.5 Å². The Morgan fingerprint density at radius 2 is 1.82 bits per heavy atom. The smallest absolute Gasteiger partial charge is 0.128 e. The number of rotatable bonds is 10. The van der Waals surface area contributed by atoms with Crippen molar-refractivity contribution in [2.24, 2.45) is 5.92 Å². The number of ether oxygens (including phenoxy) is 1. The van der Waals surface area contributed by atoms with E-state index in [1.165, 1.54) is 42.3 Å². The van der Waals surface area contributed by atoms with Crippen LogP contribution in [0.15, 0.2) is 67.3 Å². The molecule has 5 heteroatoms. The highest BCUT2D eigenvalue weighted by molar-refractivity contribution is 5.93. The standard InChI is InChI=1S/C28H36N4O/c1-4-17-33-27-12-8-5-9-22(27)20-29-19-21-13-15-23(16-14-21)30-28-18-26(32(2)3)24-10-6-7-11-25(24)31-28/h4-12,18,21,23,29H,1,13-17,19-20H2,2-3H3,(H,30,31). The zero-order valence-electron chi connectivity index (χ0n) is 19.9. The molecular formula is C28H36N4O. The molecular weight excluding hydrogens is 408 g/mol. The summed E-state index contributed by atoms with van der Waals surface area (Å²) in [5.74, 6) is 2.64. The fraction of sp³-hybridized carbons (Fsp3) is 0.393. The van der Waals surface area contributed by atoms with E-state index >= 15 is 0 Å². The van der Waals surface area contributed by atoms with Crippen molar-refractivity contribution >= 4 is 22.4 Å². The van der Waals surface area contributed by atoms with Gasteiger partial charge >= 0.3 is 0 Å². The summed E-state index contributed by atoms with van der Waals surface area (Å²) in [6.45, 7) is 6.15. The zero-order valence-corrected chi connectivity index (χ0v) is 19.9. The third kappa shape index (κ3) is 6.05. The molecule has 0 unspecified atom stereocenters. The predicted octanol–water partition coefficient (Wildman–Crippen LogP) is 5.63. The molecule has 2 aromatic carbocycles. The zero-order chi connectivity index (χ0) is 23.0. The van der Waals surface area contributed by atoms with Crippen LogP contribution in [0.3, 0.4) is 0 Å². The molecule has 1 aliphatic rings. The summed E-state index contributed by atoms with van der Waals surface area (Å²) < 4.78 is 5.77. The van der Waals surface area contributed by atoms with Gasteiger partial charge in [-0.1, -0.05) is 49.1 Å². The summed E-state index contributed by atoms with van der Waals surface area (Å²) in [4.78, 5) is 7.04. The highest BCUT2D eigenvalue weighted by Gasteiger charge is 2.21. The highest BCUT2D eigenvalue weighted by Crippen LogP contribution is 2.30. The minimum Gasteiger partial charge on any atom is -0.489 e. The van der Waals surface area contributed by atoms with Gasteiger partial charge in [0, 0.05) is 49.4 Å². The minimum absolute atomic E-state index is 0.484. The predicted molar refractivity (Wildman–Crippen MR) is 139 cm³/mol. The van der Waals surface area contributed by atoms with Crippen molar-refractivity contribution in [3.63, 3.8) is 0 Å². The van der Waals surface area contributed by atoms with Crippen LogP contribution < -0.4 is 20.3 Å². The van der Waals surface area contributed by atoms with Gasteiger partial charge in [-0.3, -0.25) is 0 Å². The van der Waals surface area contributed by atoms with E-state index in [9.17, 15) is 0 Å². The molecule has 0 amide bonds. The van der Waals surface area contributed by atoms with E-state index in [1.807, 2.05) is 12.1 Å². The van der Waals surface area contributed by atoms with Crippen LogP contribution in [0.25, 0.3) is 10.9 Å². The van der Waals surface area contributed by atoms with E-state index in [0.29, 0.717) is 18.6 Å². The number of pyridine rings is 1. The first-order valence-electron chi connectivity index (χ1n) is 12.0. The number of nitrogens with one attached hydrogen (secondary N) is 2. The molecule has 1 saturated carbocycles. The van der Waals surface area contributed by atoms with Gasteiger partial charge in [0.15, 0.2) is 0 Å². The molecule has 0 aliphatic heterocycles. The first-order valence-corrected chi connectivity index (χ1v) is 12.0. The lowest BCUT2D eigenvalue weighted by Crippen LogP contribution is -2.31. The van der Waals surface area contributed by atoms with Crippen LogP contribution in [0.1, 0.15) is 31.2 Å². The van der Waals surface area contributed by atoms with Crippen molar-refractivity contribution < 1.29 is 4.74 Å². The quantitative estimate of drug-likeness (QED) is 0.397. The van der Waals surface area contributed by atoms with E-state index in [0.717, 1.165) is 30.2 Å². The largest absolute Gasteiger partial charge is 0.489 e. The Morgan fingerprint density at radius 3 is 2.61 bits per heavy atom. The second-order valence-corrected chi connectivity index (χ2v) is 9.14. The molecule has 1 aromatic heterocycles. The maximum Gasteiger partial charge on any atom is 0.128 e. The number of para-hydroxylation sites is 2. The molecule has 1 fully saturated rings. The van der Waals surface area contributed by atoms with Gasteiger partial charge in [0.1, 0.15) is 18.2 Å². The number of hydrogen-bond acceptors (Lipinski definition) is 5. The van der Waals surface area contributed by atoms with Crippen LogP contribution in [-0.2, 0) is 6.54 Å². The van der Waals surface area contributed by atoms with Crippen LogP contribution in [0.2, 0.25) is 0 Å². The van der Waals surface area contributed by atoms with Gasteiger partial charge in [-0.25, -0.2) is 4.98 Å². The van der Waals surface area contributed by atoms with E-state index in [2.05, 4.69) is 78.7 Å². The van der Waals surface area contributed by atoms with E-state index in [-0.39, 0.29) is 0 Å². The van der Waals surface area contributed by atoms with Crippen molar-refractivity contribution in [1.29, 1.82) is 0 Å². The molecule has 3 aromatic rings. The SMILES string of the molecule is C=CCOc1ccccc1CNCC1CCC(Nc2cc(N(C)C)c3ccccc3n2)CC1. The van der Waals surface area contributed by atoms with Crippen LogP contribution in [-0.4, -0.2) is 38.3 Å². The van der Waals surface area contributed by atoms with E-state index in [1.54, 1.807) is 6.08 Å². The van der Waals surface area contributed by atoms with Crippen molar-refractivity contribution in [3.05, 3.63) is 72.8 Å². The second kappa shape index (κ2) is 11.2. The molecule has 5 nitrogen and oxygen atoms in total. The topological polar surface area (TPSA) is 49.4 Å². The van der Waals surface area contributed by atoms with Crippen LogP contribution >= 0.6 is 0 Å². The van der Waals surface area contributed by atoms with Gasteiger partial charge in [-0.2, -0.15) is 0 Å². The van der Waals surface area contributed by atoms with Gasteiger partial charge in [0.05, 0.1) is 5.52 Å². The van der Waals surface area contributed by atoms with Gasteiger partial charge < -0.3 is 20.3 Å². The third-order valence-corrected chi connectivity index (χ3v) is 6.45. The first-order chi connectivity index (χ1) is 16.1. The monoisotopic (exact) mass is 444 g/mol. The summed E-state index contributed by atoms with van der Waals surface area (Å²) in [5, 5.41) is 8.56. The van der Waals surface area contributed by atoms with Crippen molar-refractivity contribution in [1.82, 2.24) is 10.3 Å². The van der Waals surface area contributed by atoms with E-state index < -0.39 is 0 Å². The summed E-state index contributed by atoms with van der Waals surface area (Å²) in [5.41, 5.74) is 3.45. The maximum atomic E-state index is 5.77. The number of aromatic nitrogens is 1. The Hall–Kier alpha value is -3.05. The van der Waals surface area contributed by atoms with Crippen LogP contribution in [0.5, 0.6) is 5.75 Å². The van der Waals surface area contributed by atoms with Gasteiger partial charge in [0.25, 0.3) is 0 Å². The number of benzene rings is 2. The number of hydrogen-bond donors (Lipinski definition) is 2. The average molecular weight is 445 g/mol. The Morgan fingerprint density at radius 1 is 1.06 bits per heavy atom. The van der Waals surface area contributed by atoms with Crippen molar-refractivity contribution in [3.8, 4) is 5.75 Å². The lowest BCUT2D eigenvalue weighted by atomic mass is 9.86. The Balaban J connectivity index is 1.27. The van der Waals surface area contributed by atoms with Gasteiger partial charge in [-0.05, 0) is 50.3 Å². The lowest BCUT2D eigenvalue weighted by Gasteiger charge is -2.30. The maximum absolute atomic E-state index is 5.77. The summed E-state index contributed by atoms with van der Waals surface area (Å²) in [6, 6.07) is 19.3. The summed E-state index contributed by atoms with van der Waals surface area (Å²) in [7, 11) is 4.18. The first kappa shape index (κ1) is 23.1. The highest BCUT2D eigenvalue weighted by atomic mass is 16.5. The van der Waals surface area contributed by atoms with Crippen molar-refractivity contribution in [2.75, 3.05) is 37.5 Å². The van der Waals surface area contributed by atoms with Gasteiger partial charge in [-0.15, -0.1) is 0 Å². The molecule has 0 radical (unpaired) electrons. The average Bonchev–Trinajstić information content (AvgIpc) is 2.84. The summed E-state index contributed by atoms with van der Waals surface area (Å²) >= 11 is 0. The van der Waals surface area contributed by atoms with E-state index in [4.69, 9.17) is 9.72 Å². The molecule has 0 bridgehead atoms. The molecule has 1 heterocycles. The van der Waals surface area contributed by atoms with Gasteiger partial charge in [0.2, 0.25) is 0 Å². The Kier molecular flexibility index (Phi) is 7.84. The lowest BCUT2D eigenvalue weighted by molar-refractivity contribution is 0.321. The molecule has 4 rings (SSSR count). The molecule has 0 atom stereocenters. The molecule has 33 heavy (non-hydrogen) atoms. The molecule has 2 N–H and O–H groups in total. The Bertz CT molecular complexity index is 1060. The molecule has 0 saturated heterocycles. The molecule has 174 valence electrons. The van der Waals surface area contributed by atoms with Crippen molar-refractivity contribution in [2.45, 2.75) is 38.3 Å². The normalized spacial score (nSPS) is 18.1. The van der Waals surface area contributed by atoms with Crippen LogP contribution in [0, 0.1) is 5.92 Å². The summed E-state index contributed by atoms with van der Waals surface area (Å²) in [6.07, 6.45) is 6.60. The third-order valence-electron chi connectivity index (χ3n) is 6.45. The number of fused-ring (bicyclic) bond motifs is 1.